The van der Waals surface area contributed by atoms with Crippen molar-refractivity contribution in [3.05, 3.63) is 12.2 Å². The Balaban J connectivity index is 3.83. The van der Waals surface area contributed by atoms with Crippen LogP contribution in [0.2, 0.25) is 25.7 Å². The molecule has 0 aliphatic rings. The lowest BCUT2D eigenvalue weighted by atomic mass is 10.2. The zero-order valence-corrected chi connectivity index (χ0v) is 10.7. The third kappa shape index (κ3) is 6.79. The van der Waals surface area contributed by atoms with Gasteiger partial charge in [0.1, 0.15) is 5.78 Å². The average molecular weight is 249 g/mol. The van der Waals surface area contributed by atoms with Crippen molar-refractivity contribution in [2.45, 2.75) is 32.1 Å². The highest BCUT2D eigenvalue weighted by atomic mass is 79.9. The Morgan fingerprint density at radius 3 is 2.25 bits per heavy atom. The van der Waals surface area contributed by atoms with Crippen LogP contribution in [-0.4, -0.2) is 19.2 Å². The van der Waals surface area contributed by atoms with E-state index >= 15 is 0 Å². The first-order valence-electron chi connectivity index (χ1n) is 4.09. The fraction of sp³-hybridized carbons (Fsp3) is 0.667. The van der Waals surface area contributed by atoms with Gasteiger partial charge in [0.25, 0.3) is 0 Å². The molecule has 0 amide bonds. The van der Waals surface area contributed by atoms with Crippen LogP contribution in [0, 0.1) is 0 Å². The van der Waals surface area contributed by atoms with Gasteiger partial charge in [-0.25, -0.2) is 0 Å². The second-order valence-electron chi connectivity index (χ2n) is 4.34. The molecule has 0 saturated heterocycles. The van der Waals surface area contributed by atoms with E-state index in [0.29, 0.717) is 11.8 Å². The van der Waals surface area contributed by atoms with E-state index in [1.165, 1.54) is 0 Å². The fourth-order valence-corrected chi connectivity index (χ4v) is 2.96. The highest BCUT2D eigenvalue weighted by Crippen LogP contribution is 2.17. The SMILES string of the molecule is C=C(CC(=O)CBr)C[Si](C)(C)C. The minimum absolute atomic E-state index is 0.234. The molecule has 0 N–H and O–H groups in total. The van der Waals surface area contributed by atoms with Gasteiger partial charge in [-0.3, -0.25) is 4.79 Å². The highest BCUT2D eigenvalue weighted by Gasteiger charge is 2.15. The van der Waals surface area contributed by atoms with Crippen molar-refractivity contribution in [3.63, 3.8) is 0 Å². The van der Waals surface area contributed by atoms with Gasteiger partial charge in [0.15, 0.2) is 0 Å². The predicted octanol–water partition coefficient (Wildman–Crippen LogP) is 3.23. The summed E-state index contributed by atoms with van der Waals surface area (Å²) in [6.07, 6.45) is 0.551. The largest absolute Gasteiger partial charge is 0.298 e. The minimum atomic E-state index is -1.07. The summed E-state index contributed by atoms with van der Waals surface area (Å²) in [7, 11) is -1.07. The Kier molecular flexibility index (Phi) is 5.02. The molecule has 0 aliphatic heterocycles. The van der Waals surface area contributed by atoms with Crippen molar-refractivity contribution in [1.82, 2.24) is 0 Å². The summed E-state index contributed by atoms with van der Waals surface area (Å²) in [5, 5.41) is 0.456. The lowest BCUT2D eigenvalue weighted by molar-refractivity contribution is -0.115. The second-order valence-corrected chi connectivity index (χ2v) is 10.4. The molecule has 0 radical (unpaired) electrons. The molecule has 0 aromatic heterocycles. The molecule has 0 heterocycles. The molecule has 0 aromatic carbocycles. The van der Waals surface area contributed by atoms with Crippen molar-refractivity contribution in [2.24, 2.45) is 0 Å². The van der Waals surface area contributed by atoms with Gasteiger partial charge in [-0.2, -0.15) is 0 Å². The number of alkyl halides is 1. The number of hydrogen-bond donors (Lipinski definition) is 0. The number of hydrogen-bond acceptors (Lipinski definition) is 1. The van der Waals surface area contributed by atoms with Gasteiger partial charge in [-0.1, -0.05) is 47.7 Å². The smallest absolute Gasteiger partial charge is 0.147 e. The van der Waals surface area contributed by atoms with Crippen LogP contribution in [0.1, 0.15) is 6.42 Å². The van der Waals surface area contributed by atoms with Crippen LogP contribution >= 0.6 is 15.9 Å². The Labute approximate surface area is 84.4 Å². The van der Waals surface area contributed by atoms with Crippen LogP contribution in [0.25, 0.3) is 0 Å². The summed E-state index contributed by atoms with van der Waals surface area (Å²) in [5.41, 5.74) is 1.10. The first-order chi connectivity index (χ1) is 5.35. The number of carbonyl (C=O) groups is 1. The molecular formula is C9H17BrOSi. The molecule has 0 aromatic rings. The molecule has 0 bridgehead atoms. The number of carbonyl (C=O) groups excluding carboxylic acids is 1. The van der Waals surface area contributed by atoms with E-state index in [-0.39, 0.29) is 5.78 Å². The van der Waals surface area contributed by atoms with Crippen LogP contribution in [-0.2, 0) is 4.79 Å². The van der Waals surface area contributed by atoms with E-state index in [1.54, 1.807) is 0 Å². The van der Waals surface area contributed by atoms with Crippen molar-refractivity contribution in [2.75, 3.05) is 5.33 Å². The molecule has 0 atom stereocenters. The maximum absolute atomic E-state index is 11.0. The fourth-order valence-electron chi connectivity index (χ4n) is 1.14. The molecule has 3 heteroatoms. The maximum Gasteiger partial charge on any atom is 0.147 e. The maximum atomic E-state index is 11.0. The van der Waals surface area contributed by atoms with Gasteiger partial charge in [0, 0.05) is 14.5 Å². The van der Waals surface area contributed by atoms with Gasteiger partial charge in [-0.05, 0) is 6.04 Å². The molecule has 0 saturated carbocycles. The zero-order valence-electron chi connectivity index (χ0n) is 8.11. The summed E-state index contributed by atoms with van der Waals surface area (Å²) in [6, 6.07) is 1.06. The third-order valence-electron chi connectivity index (χ3n) is 1.38. The molecule has 1 nitrogen and oxygen atoms in total. The Morgan fingerprint density at radius 2 is 1.92 bits per heavy atom. The summed E-state index contributed by atoms with van der Waals surface area (Å²) in [4.78, 5) is 11.0. The molecule has 12 heavy (non-hydrogen) atoms. The summed E-state index contributed by atoms with van der Waals surface area (Å²) < 4.78 is 0. The molecular weight excluding hydrogens is 232 g/mol. The Morgan fingerprint density at radius 1 is 1.42 bits per heavy atom. The topological polar surface area (TPSA) is 17.1 Å². The molecule has 0 unspecified atom stereocenters. The van der Waals surface area contributed by atoms with Gasteiger partial charge in [-0.15, -0.1) is 0 Å². The van der Waals surface area contributed by atoms with E-state index in [9.17, 15) is 4.79 Å². The first-order valence-corrected chi connectivity index (χ1v) is 8.92. The van der Waals surface area contributed by atoms with E-state index in [2.05, 4.69) is 42.1 Å². The second kappa shape index (κ2) is 4.97. The van der Waals surface area contributed by atoms with Gasteiger partial charge in [0.2, 0.25) is 0 Å². The summed E-state index contributed by atoms with van der Waals surface area (Å²) in [5.74, 6) is 0.234. The van der Waals surface area contributed by atoms with Gasteiger partial charge >= 0.3 is 0 Å². The van der Waals surface area contributed by atoms with Gasteiger partial charge in [0.05, 0.1) is 5.33 Å². The standard InChI is InChI=1S/C9H17BrOSi/c1-8(5-9(11)6-10)7-12(2,3)4/h1,5-7H2,2-4H3. The van der Waals surface area contributed by atoms with Crippen LogP contribution in [0.3, 0.4) is 0 Å². The van der Waals surface area contributed by atoms with Crippen LogP contribution < -0.4 is 0 Å². The van der Waals surface area contributed by atoms with Crippen LogP contribution in [0.15, 0.2) is 12.2 Å². The summed E-state index contributed by atoms with van der Waals surface area (Å²) in [6.45, 7) is 10.8. The average Bonchev–Trinajstić information content (AvgIpc) is 1.82. The molecule has 0 spiro atoms. The monoisotopic (exact) mass is 248 g/mol. The Bertz CT molecular complexity index is 181. The lowest BCUT2D eigenvalue weighted by Gasteiger charge is -2.16. The van der Waals surface area contributed by atoms with Crippen LogP contribution in [0.4, 0.5) is 0 Å². The summed E-state index contributed by atoms with van der Waals surface area (Å²) >= 11 is 3.14. The predicted molar refractivity (Wildman–Crippen MR) is 60.7 cm³/mol. The zero-order chi connectivity index (χ0) is 9.78. The number of rotatable bonds is 5. The number of halogens is 1. The molecule has 70 valence electrons. The van der Waals surface area contributed by atoms with E-state index in [4.69, 9.17) is 0 Å². The third-order valence-corrected chi connectivity index (χ3v) is 3.56. The highest BCUT2D eigenvalue weighted by molar-refractivity contribution is 9.09. The van der Waals surface area contributed by atoms with Crippen molar-refractivity contribution in [3.8, 4) is 0 Å². The van der Waals surface area contributed by atoms with Crippen molar-refractivity contribution >= 4 is 29.8 Å². The van der Waals surface area contributed by atoms with Crippen molar-refractivity contribution in [1.29, 1.82) is 0 Å². The quantitative estimate of drug-likeness (QED) is 0.415. The Hall–Kier alpha value is 0.107. The molecule has 0 fully saturated rings. The lowest BCUT2D eigenvalue weighted by Crippen LogP contribution is -2.20. The molecule has 0 aliphatic carbocycles. The van der Waals surface area contributed by atoms with Crippen molar-refractivity contribution < 1.29 is 4.79 Å². The number of ketones is 1. The first kappa shape index (κ1) is 12.1. The number of Topliss-reactive ketones (excluding diaryl/α,β-unsaturated/α-hetero) is 1. The number of allylic oxidation sites excluding steroid dienone is 1. The van der Waals surface area contributed by atoms with E-state index in [0.717, 1.165) is 11.6 Å². The van der Waals surface area contributed by atoms with Gasteiger partial charge < -0.3 is 0 Å². The van der Waals surface area contributed by atoms with E-state index < -0.39 is 8.07 Å². The minimum Gasteiger partial charge on any atom is -0.298 e. The van der Waals surface area contributed by atoms with Crippen LogP contribution in [0.5, 0.6) is 0 Å². The van der Waals surface area contributed by atoms with E-state index in [1.807, 2.05) is 0 Å². The normalized spacial score (nSPS) is 11.3. The molecule has 0 rings (SSSR count).